The standard InChI is InChI=1S/C22H22N6O3/c1-13-6-8-17(9-7-13)28-16(4)20(15(3)26-28)24-18(29)12-31-22(30)19-14(2)25-27-11-5-10-23-21(19)27/h5-11H,12H2,1-4H3,(H,24,29). The zero-order valence-corrected chi connectivity index (χ0v) is 17.7. The van der Waals surface area contributed by atoms with Crippen LogP contribution in [0.25, 0.3) is 11.3 Å². The number of hydrogen-bond donors (Lipinski definition) is 1. The molecule has 0 unspecified atom stereocenters. The number of hydrogen-bond acceptors (Lipinski definition) is 6. The minimum Gasteiger partial charge on any atom is -0.452 e. The Hall–Kier alpha value is -4.01. The highest BCUT2D eigenvalue weighted by Gasteiger charge is 2.21. The second kappa shape index (κ2) is 8.02. The smallest absolute Gasteiger partial charge is 0.344 e. The van der Waals surface area contributed by atoms with Crippen molar-refractivity contribution in [3.05, 3.63) is 70.9 Å². The van der Waals surface area contributed by atoms with E-state index in [4.69, 9.17) is 4.74 Å². The Bertz CT molecular complexity index is 1290. The minimum atomic E-state index is -0.648. The summed E-state index contributed by atoms with van der Waals surface area (Å²) in [5, 5.41) is 11.5. The molecule has 0 atom stereocenters. The molecule has 0 radical (unpaired) electrons. The van der Waals surface area contributed by atoms with Gasteiger partial charge in [-0.2, -0.15) is 10.2 Å². The fraction of sp³-hybridized carbons (Fsp3) is 0.227. The molecule has 0 saturated heterocycles. The van der Waals surface area contributed by atoms with Crippen LogP contribution in [0.4, 0.5) is 5.69 Å². The molecule has 4 rings (SSSR count). The van der Waals surface area contributed by atoms with Crippen LogP contribution in [0.15, 0.2) is 42.7 Å². The average Bonchev–Trinajstić information content (AvgIpc) is 3.23. The number of benzene rings is 1. The molecule has 3 heterocycles. The maximum Gasteiger partial charge on any atom is 0.344 e. The quantitative estimate of drug-likeness (QED) is 0.500. The first-order valence-corrected chi connectivity index (χ1v) is 9.75. The van der Waals surface area contributed by atoms with Crippen molar-refractivity contribution in [1.29, 1.82) is 0 Å². The maximum atomic E-state index is 12.5. The fourth-order valence-electron chi connectivity index (χ4n) is 3.38. The van der Waals surface area contributed by atoms with E-state index in [1.165, 1.54) is 4.52 Å². The molecule has 9 heteroatoms. The number of aromatic nitrogens is 5. The molecule has 0 bridgehead atoms. The van der Waals surface area contributed by atoms with E-state index in [2.05, 4.69) is 20.5 Å². The second-order valence-electron chi connectivity index (χ2n) is 7.27. The first-order chi connectivity index (χ1) is 14.8. The van der Waals surface area contributed by atoms with E-state index in [0.29, 0.717) is 22.7 Å². The molecule has 4 aromatic rings. The fourth-order valence-corrected chi connectivity index (χ4v) is 3.38. The number of carbonyl (C=O) groups excluding carboxylic acids is 2. The number of amides is 1. The van der Waals surface area contributed by atoms with Crippen LogP contribution in [0, 0.1) is 27.7 Å². The molecular formula is C22H22N6O3. The monoisotopic (exact) mass is 418 g/mol. The number of nitrogens with one attached hydrogen (secondary N) is 1. The van der Waals surface area contributed by atoms with Crippen molar-refractivity contribution in [3.8, 4) is 5.69 Å². The lowest BCUT2D eigenvalue weighted by atomic mass is 10.2. The van der Waals surface area contributed by atoms with Crippen LogP contribution in [0.1, 0.15) is 33.0 Å². The lowest BCUT2D eigenvalue weighted by molar-refractivity contribution is -0.119. The number of nitrogens with zero attached hydrogens (tertiary/aromatic N) is 5. The van der Waals surface area contributed by atoms with Gasteiger partial charge in [-0.15, -0.1) is 0 Å². The van der Waals surface area contributed by atoms with E-state index in [0.717, 1.165) is 16.9 Å². The zero-order chi connectivity index (χ0) is 22.1. The van der Waals surface area contributed by atoms with Gasteiger partial charge in [-0.25, -0.2) is 19.0 Å². The SMILES string of the molecule is Cc1ccc(-n2nc(C)c(NC(=O)COC(=O)c3c(C)nn4cccnc34)c2C)cc1. The molecule has 0 aliphatic heterocycles. The number of rotatable bonds is 5. The van der Waals surface area contributed by atoms with E-state index in [1.807, 2.05) is 45.0 Å². The van der Waals surface area contributed by atoms with E-state index in [-0.39, 0.29) is 5.56 Å². The Morgan fingerprint density at radius 2 is 1.77 bits per heavy atom. The van der Waals surface area contributed by atoms with Gasteiger partial charge in [0, 0.05) is 12.4 Å². The normalized spacial score (nSPS) is 11.0. The van der Waals surface area contributed by atoms with Crippen molar-refractivity contribution in [2.45, 2.75) is 27.7 Å². The summed E-state index contributed by atoms with van der Waals surface area (Å²) in [7, 11) is 0. The highest BCUT2D eigenvalue weighted by Crippen LogP contribution is 2.23. The maximum absolute atomic E-state index is 12.5. The van der Waals surface area contributed by atoms with Crippen LogP contribution in [0.3, 0.4) is 0 Å². The lowest BCUT2D eigenvalue weighted by Gasteiger charge is -2.08. The van der Waals surface area contributed by atoms with Crippen LogP contribution in [0.2, 0.25) is 0 Å². The van der Waals surface area contributed by atoms with Crippen molar-refractivity contribution in [3.63, 3.8) is 0 Å². The molecule has 0 fully saturated rings. The summed E-state index contributed by atoms with van der Waals surface area (Å²) in [6.07, 6.45) is 3.26. The second-order valence-corrected chi connectivity index (χ2v) is 7.27. The van der Waals surface area contributed by atoms with E-state index < -0.39 is 18.5 Å². The summed E-state index contributed by atoms with van der Waals surface area (Å²) < 4.78 is 8.49. The topological polar surface area (TPSA) is 103 Å². The average molecular weight is 418 g/mol. The molecule has 31 heavy (non-hydrogen) atoms. The summed E-state index contributed by atoms with van der Waals surface area (Å²) >= 11 is 0. The van der Waals surface area contributed by atoms with E-state index in [1.54, 1.807) is 30.1 Å². The van der Waals surface area contributed by atoms with Gasteiger partial charge in [0.25, 0.3) is 5.91 Å². The molecule has 0 spiro atoms. The van der Waals surface area contributed by atoms with Gasteiger partial charge in [0.15, 0.2) is 12.3 Å². The Balaban J connectivity index is 1.46. The van der Waals surface area contributed by atoms with E-state index in [9.17, 15) is 9.59 Å². The molecule has 9 nitrogen and oxygen atoms in total. The lowest BCUT2D eigenvalue weighted by Crippen LogP contribution is -2.22. The molecular weight excluding hydrogens is 396 g/mol. The Kier molecular flexibility index (Phi) is 5.24. The number of carbonyl (C=O) groups is 2. The van der Waals surface area contributed by atoms with Gasteiger partial charge in [-0.3, -0.25) is 4.79 Å². The minimum absolute atomic E-state index is 0.243. The number of anilines is 1. The summed E-state index contributed by atoms with van der Waals surface area (Å²) in [5.74, 6) is -1.10. The summed E-state index contributed by atoms with van der Waals surface area (Å²) in [4.78, 5) is 29.2. The van der Waals surface area contributed by atoms with Crippen LogP contribution < -0.4 is 5.32 Å². The predicted molar refractivity (Wildman–Crippen MR) is 114 cm³/mol. The number of esters is 1. The van der Waals surface area contributed by atoms with Crippen LogP contribution >= 0.6 is 0 Å². The van der Waals surface area contributed by atoms with Crippen molar-refractivity contribution >= 4 is 23.2 Å². The molecule has 1 aromatic carbocycles. The summed E-state index contributed by atoms with van der Waals surface area (Å²) in [6.45, 7) is 6.96. The van der Waals surface area contributed by atoms with Gasteiger partial charge in [0.1, 0.15) is 5.56 Å². The highest BCUT2D eigenvalue weighted by atomic mass is 16.5. The third-order valence-corrected chi connectivity index (χ3v) is 4.94. The van der Waals surface area contributed by atoms with Crippen LogP contribution in [-0.4, -0.2) is 42.9 Å². The zero-order valence-electron chi connectivity index (χ0n) is 17.7. The number of ether oxygens (including phenoxy) is 1. The van der Waals surface area contributed by atoms with Crippen LogP contribution in [0.5, 0.6) is 0 Å². The van der Waals surface area contributed by atoms with Gasteiger partial charge >= 0.3 is 5.97 Å². The Morgan fingerprint density at radius 1 is 1.03 bits per heavy atom. The molecule has 1 amide bonds. The molecule has 158 valence electrons. The molecule has 0 saturated carbocycles. The van der Waals surface area contributed by atoms with Crippen molar-refractivity contribution < 1.29 is 14.3 Å². The predicted octanol–water partition coefficient (Wildman–Crippen LogP) is 2.94. The van der Waals surface area contributed by atoms with Gasteiger partial charge in [0.05, 0.1) is 28.5 Å². The summed E-state index contributed by atoms with van der Waals surface area (Å²) in [6, 6.07) is 9.65. The third kappa shape index (κ3) is 3.89. The van der Waals surface area contributed by atoms with Gasteiger partial charge in [0.2, 0.25) is 0 Å². The van der Waals surface area contributed by atoms with Crippen molar-refractivity contribution in [2.24, 2.45) is 0 Å². The van der Waals surface area contributed by atoms with Gasteiger partial charge in [-0.1, -0.05) is 17.7 Å². The van der Waals surface area contributed by atoms with Gasteiger partial charge in [-0.05, 0) is 45.9 Å². The number of aryl methyl sites for hydroxylation is 3. The molecule has 0 aliphatic carbocycles. The largest absolute Gasteiger partial charge is 0.452 e. The van der Waals surface area contributed by atoms with Crippen molar-refractivity contribution in [2.75, 3.05) is 11.9 Å². The molecule has 0 aliphatic rings. The number of fused-ring (bicyclic) bond motifs is 1. The third-order valence-electron chi connectivity index (χ3n) is 4.94. The van der Waals surface area contributed by atoms with Crippen molar-refractivity contribution in [1.82, 2.24) is 24.4 Å². The summed E-state index contributed by atoms with van der Waals surface area (Å²) in [5.41, 5.74) is 5.20. The first kappa shape index (κ1) is 20.3. The van der Waals surface area contributed by atoms with Gasteiger partial charge < -0.3 is 10.1 Å². The Labute approximate surface area is 178 Å². The Morgan fingerprint density at radius 3 is 2.52 bits per heavy atom. The molecule has 1 N–H and O–H groups in total. The van der Waals surface area contributed by atoms with Crippen LogP contribution in [-0.2, 0) is 9.53 Å². The first-order valence-electron chi connectivity index (χ1n) is 9.75. The molecule has 3 aromatic heterocycles. The highest BCUT2D eigenvalue weighted by molar-refractivity contribution is 5.99. The van der Waals surface area contributed by atoms with E-state index >= 15 is 0 Å².